The maximum absolute atomic E-state index is 2.64. The van der Waals surface area contributed by atoms with Gasteiger partial charge < -0.3 is 24.8 Å². The molecule has 30 heavy (non-hydrogen) atoms. The summed E-state index contributed by atoms with van der Waals surface area (Å²) >= 11 is -1.42. The van der Waals surface area contributed by atoms with Crippen LogP contribution in [0, 0.1) is 0 Å². The van der Waals surface area contributed by atoms with E-state index < -0.39 is 23.8 Å². The second-order valence-electron chi connectivity index (χ2n) is 8.84. The third-order valence-corrected chi connectivity index (χ3v) is 21.6. The molecule has 2 aromatic carbocycles. The van der Waals surface area contributed by atoms with Crippen LogP contribution < -0.4 is 24.8 Å². The number of hydrogen-bond acceptors (Lipinski definition) is 0. The van der Waals surface area contributed by atoms with E-state index >= 15 is 0 Å². The van der Waals surface area contributed by atoms with Crippen LogP contribution in [0.5, 0.6) is 0 Å². The summed E-state index contributed by atoms with van der Waals surface area (Å²) in [6.07, 6.45) is 7.36. The van der Waals surface area contributed by atoms with Crippen molar-refractivity contribution in [2.75, 3.05) is 0 Å². The van der Waals surface area contributed by atoms with E-state index in [1.54, 1.807) is 33.4 Å². The van der Waals surface area contributed by atoms with Gasteiger partial charge in [-0.3, -0.25) is 0 Å². The molecule has 0 bridgehead atoms. The van der Waals surface area contributed by atoms with Crippen molar-refractivity contribution in [1.82, 2.24) is 0 Å². The van der Waals surface area contributed by atoms with Gasteiger partial charge in [0.15, 0.2) is 0 Å². The molecule has 0 spiro atoms. The number of fused-ring (bicyclic) bond motifs is 2. The normalized spacial score (nSPS) is 18.8. The zero-order valence-electron chi connectivity index (χ0n) is 19.0. The Morgan fingerprint density at radius 2 is 1.13 bits per heavy atom. The molecule has 0 saturated heterocycles. The van der Waals surface area contributed by atoms with Crippen molar-refractivity contribution in [3.05, 3.63) is 80.9 Å². The number of allylic oxidation sites excluding steroid dienone is 2. The zero-order valence-corrected chi connectivity index (χ0v) is 23.2. The minimum absolute atomic E-state index is 0. The second-order valence-corrected chi connectivity index (χ2v) is 22.7. The molecule has 0 nitrogen and oxygen atoms in total. The van der Waals surface area contributed by atoms with E-state index in [1.807, 2.05) is 0 Å². The largest absolute Gasteiger partial charge is 1.00 e. The molecule has 0 radical (unpaired) electrons. The molecule has 0 heterocycles. The van der Waals surface area contributed by atoms with Crippen LogP contribution in [0.15, 0.2) is 47.5 Å². The van der Waals surface area contributed by atoms with Gasteiger partial charge in [0, 0.05) is 0 Å². The average molecular weight is 492 g/mol. The van der Waals surface area contributed by atoms with Crippen molar-refractivity contribution in [2.24, 2.45) is 0 Å². The summed E-state index contributed by atoms with van der Waals surface area (Å²) in [5, 5.41) is 0. The number of rotatable bonds is 5. The summed E-state index contributed by atoms with van der Waals surface area (Å²) in [4.78, 5) is 0. The van der Waals surface area contributed by atoms with Crippen LogP contribution in [0.2, 0.25) is 13.1 Å². The Hall–Kier alpha value is -0.569. The predicted octanol–water partition coefficient (Wildman–Crippen LogP) is 1.04. The van der Waals surface area contributed by atoms with Gasteiger partial charge in [-0.15, -0.1) is 0 Å². The van der Waals surface area contributed by atoms with E-state index in [0.717, 1.165) is 21.3 Å². The van der Waals surface area contributed by atoms with Crippen LogP contribution in [0.25, 0.3) is 12.2 Å². The van der Waals surface area contributed by atoms with Crippen LogP contribution in [0.4, 0.5) is 0 Å². The first-order chi connectivity index (χ1) is 13.5. The van der Waals surface area contributed by atoms with Crippen LogP contribution in [0.3, 0.4) is 0 Å². The fraction of sp³-hybridized carbons (Fsp3) is 0.385. The molecule has 0 aliphatic heterocycles. The van der Waals surface area contributed by atoms with Crippen LogP contribution >= 0.6 is 0 Å². The van der Waals surface area contributed by atoms with Gasteiger partial charge >= 0.3 is 179 Å². The fourth-order valence-electron chi connectivity index (χ4n) is 5.57. The number of hydrogen-bond donors (Lipinski definition) is 0. The fourth-order valence-corrected chi connectivity index (χ4v) is 21.1. The van der Waals surface area contributed by atoms with Gasteiger partial charge in [-0.2, -0.15) is 0 Å². The average Bonchev–Trinajstić information content (AvgIpc) is 3.18. The topological polar surface area (TPSA) is 0 Å². The van der Waals surface area contributed by atoms with Gasteiger partial charge in [0.25, 0.3) is 0 Å². The van der Waals surface area contributed by atoms with Gasteiger partial charge in [0.2, 0.25) is 0 Å². The molecule has 2 atom stereocenters. The molecule has 2 aromatic rings. The summed E-state index contributed by atoms with van der Waals surface area (Å²) in [5.74, 6) is 0. The first kappa shape index (κ1) is 25.7. The Kier molecular flexibility index (Phi) is 8.88. The molecule has 0 amide bonds. The molecule has 0 fully saturated rings. The second kappa shape index (κ2) is 10.4. The molecule has 0 saturated carbocycles. The Morgan fingerprint density at radius 3 is 1.47 bits per heavy atom. The molecule has 4 heteroatoms. The molecule has 2 unspecified atom stereocenters. The number of aryl methyl sites for hydroxylation is 2. The Balaban J connectivity index is 0.00000160. The van der Waals surface area contributed by atoms with Gasteiger partial charge in [-0.05, 0) is 0 Å². The van der Waals surface area contributed by atoms with Crippen molar-refractivity contribution in [3.8, 4) is 0 Å². The summed E-state index contributed by atoms with van der Waals surface area (Å²) in [7, 11) is 0. The van der Waals surface area contributed by atoms with Gasteiger partial charge in [0.1, 0.15) is 0 Å². The molecule has 0 aromatic heterocycles. The molecule has 2 aliphatic rings. The van der Waals surface area contributed by atoms with Gasteiger partial charge in [0.05, 0.1) is 0 Å². The van der Waals surface area contributed by atoms with E-state index in [9.17, 15) is 0 Å². The van der Waals surface area contributed by atoms with Crippen molar-refractivity contribution in [1.29, 1.82) is 0 Å². The van der Waals surface area contributed by atoms with Crippen LogP contribution in [-0.4, -0.2) is 6.66 Å². The Morgan fingerprint density at radius 1 is 0.733 bits per heavy atom. The zero-order chi connectivity index (χ0) is 20.0. The summed E-state index contributed by atoms with van der Waals surface area (Å²) in [6, 6.07) is 14.2. The quantitative estimate of drug-likeness (QED) is 0.548. The van der Waals surface area contributed by atoms with Crippen LogP contribution in [-0.2, 0) is 30.0 Å². The third-order valence-electron chi connectivity index (χ3n) is 6.83. The van der Waals surface area contributed by atoms with Crippen molar-refractivity contribution >= 4 is 18.8 Å². The predicted molar refractivity (Wildman–Crippen MR) is 123 cm³/mol. The van der Waals surface area contributed by atoms with Crippen molar-refractivity contribution in [2.45, 2.75) is 62.1 Å². The van der Waals surface area contributed by atoms with Gasteiger partial charge in [-0.1, -0.05) is 0 Å². The summed E-state index contributed by atoms with van der Waals surface area (Å²) < 4.78 is 1.50. The first-order valence-corrected chi connectivity index (χ1v) is 18.3. The molecular weight excluding hydrogens is 459 g/mol. The summed E-state index contributed by atoms with van der Waals surface area (Å²) in [5.41, 5.74) is 12.8. The van der Waals surface area contributed by atoms with Crippen LogP contribution in [0.1, 0.15) is 69.5 Å². The summed E-state index contributed by atoms with van der Waals surface area (Å²) in [6.45, 7) is 14.0. The maximum atomic E-state index is 2.64. The van der Waals surface area contributed by atoms with Crippen molar-refractivity contribution in [3.63, 3.8) is 0 Å². The third kappa shape index (κ3) is 4.21. The van der Waals surface area contributed by atoms with E-state index in [1.165, 1.54) is 11.1 Å². The standard InChI is InChI=1S/2C12H13.C2H7Si.2ClH.Ti/c2*1-3-10-5-4-6-11-7-9(2)8-12(10)11;1-3-2;;;/h2*4-8H,3H2,1-2H3;3H,1-2H3;2*1H;/q;;;;;+2/p-2. The Bertz CT molecular complexity index is 901. The van der Waals surface area contributed by atoms with E-state index in [4.69, 9.17) is 0 Å². The SMILES string of the molecule is CCc1cccc2c1C=C(C)[CH]2[Ti+2]([CH]1C(C)=Cc2c(CC)cccc21)[SiH](C)C.[Cl-].[Cl-]. The molecule has 0 N–H and O–H groups in total. The minimum Gasteiger partial charge on any atom is -1.00 e. The van der Waals surface area contributed by atoms with E-state index in [-0.39, 0.29) is 24.8 Å². The number of benzene rings is 2. The molecule has 2 aliphatic carbocycles. The van der Waals surface area contributed by atoms with E-state index in [2.05, 4.69) is 89.3 Å². The smallest absolute Gasteiger partial charge is 1.00 e. The number of halogens is 2. The first-order valence-electron chi connectivity index (χ1n) is 10.9. The van der Waals surface area contributed by atoms with Crippen molar-refractivity contribution < 1.29 is 41.9 Å². The Labute approximate surface area is 202 Å². The molecule has 159 valence electrons. The minimum atomic E-state index is -1.42. The van der Waals surface area contributed by atoms with E-state index in [0.29, 0.717) is 0 Å². The molecular formula is C26H33Cl2SiTi. The molecule has 4 rings (SSSR count). The van der Waals surface area contributed by atoms with Gasteiger partial charge in [-0.25, -0.2) is 0 Å². The monoisotopic (exact) mass is 491 g/mol. The maximum Gasteiger partial charge on any atom is -1.00 e.